The van der Waals surface area contributed by atoms with Gasteiger partial charge in [-0.15, -0.1) is 0 Å². The van der Waals surface area contributed by atoms with Gasteiger partial charge in [0.2, 0.25) is 5.76 Å². The Morgan fingerprint density at radius 3 is 2.81 bits per heavy atom. The molecule has 0 radical (unpaired) electrons. The molecule has 5 heteroatoms. The van der Waals surface area contributed by atoms with Crippen molar-refractivity contribution in [1.29, 1.82) is 0 Å². The van der Waals surface area contributed by atoms with E-state index in [1.54, 1.807) is 6.07 Å². The van der Waals surface area contributed by atoms with Crippen molar-refractivity contribution in [2.75, 3.05) is 19.8 Å². The number of carboxylic acid groups (broad SMARTS) is 1. The van der Waals surface area contributed by atoms with Crippen LogP contribution in [0.15, 0.2) is 28.7 Å². The van der Waals surface area contributed by atoms with Crippen molar-refractivity contribution in [3.63, 3.8) is 0 Å². The molecule has 112 valence electrons. The molecule has 0 atom stereocenters. The predicted octanol–water partition coefficient (Wildman–Crippen LogP) is 2.65. The lowest BCUT2D eigenvalue weighted by molar-refractivity contribution is 0.0658. The lowest BCUT2D eigenvalue weighted by Crippen LogP contribution is -2.27. The van der Waals surface area contributed by atoms with Crippen molar-refractivity contribution in [3.8, 4) is 0 Å². The van der Waals surface area contributed by atoms with Gasteiger partial charge in [-0.05, 0) is 31.4 Å². The van der Waals surface area contributed by atoms with E-state index < -0.39 is 5.97 Å². The van der Waals surface area contributed by atoms with Crippen molar-refractivity contribution in [2.24, 2.45) is 5.92 Å². The Hall–Kier alpha value is -1.85. The highest BCUT2D eigenvalue weighted by Gasteiger charge is 2.20. The molecular formula is C16H19NO4. The minimum absolute atomic E-state index is 0.0377. The fourth-order valence-electron chi connectivity index (χ4n) is 2.80. The molecule has 3 rings (SSSR count). The number of ether oxygens (including phenoxy) is 1. The summed E-state index contributed by atoms with van der Waals surface area (Å²) in [6.07, 6.45) is 2.12. The molecule has 1 aromatic carbocycles. The topological polar surface area (TPSA) is 71.7 Å². The summed E-state index contributed by atoms with van der Waals surface area (Å²) in [6, 6.07) is 7.43. The first-order valence-corrected chi connectivity index (χ1v) is 7.28. The summed E-state index contributed by atoms with van der Waals surface area (Å²) >= 11 is 0. The Bertz CT molecular complexity index is 628. The van der Waals surface area contributed by atoms with Crippen LogP contribution in [0.3, 0.4) is 0 Å². The third kappa shape index (κ3) is 3.09. The minimum atomic E-state index is -1.02. The number of hydrogen-bond acceptors (Lipinski definition) is 4. The van der Waals surface area contributed by atoms with Crippen LogP contribution < -0.4 is 5.32 Å². The number of para-hydroxylation sites is 1. The summed E-state index contributed by atoms with van der Waals surface area (Å²) in [7, 11) is 0. The van der Waals surface area contributed by atoms with E-state index in [0.29, 0.717) is 18.0 Å². The molecule has 21 heavy (non-hydrogen) atoms. The maximum atomic E-state index is 11.3. The van der Waals surface area contributed by atoms with Crippen molar-refractivity contribution < 1.29 is 19.1 Å². The first-order chi connectivity index (χ1) is 10.3. The third-order valence-electron chi connectivity index (χ3n) is 3.97. The van der Waals surface area contributed by atoms with Gasteiger partial charge in [0.1, 0.15) is 5.58 Å². The first kappa shape index (κ1) is 14.1. The summed E-state index contributed by atoms with van der Waals surface area (Å²) in [4.78, 5) is 11.3. The van der Waals surface area contributed by atoms with Crippen LogP contribution in [0.1, 0.15) is 29.0 Å². The van der Waals surface area contributed by atoms with Crippen LogP contribution in [0.2, 0.25) is 0 Å². The van der Waals surface area contributed by atoms with E-state index in [-0.39, 0.29) is 5.76 Å². The third-order valence-corrected chi connectivity index (χ3v) is 3.97. The van der Waals surface area contributed by atoms with E-state index in [2.05, 4.69) is 5.32 Å². The Kier molecular flexibility index (Phi) is 4.22. The van der Waals surface area contributed by atoms with Crippen LogP contribution in [0.25, 0.3) is 11.0 Å². The van der Waals surface area contributed by atoms with Gasteiger partial charge in [0.25, 0.3) is 0 Å². The molecule has 0 spiro atoms. The van der Waals surface area contributed by atoms with E-state index in [1.165, 1.54) is 0 Å². The molecule has 1 fully saturated rings. The monoisotopic (exact) mass is 289 g/mol. The molecule has 0 unspecified atom stereocenters. The smallest absolute Gasteiger partial charge is 0.372 e. The number of rotatable bonds is 5. The van der Waals surface area contributed by atoms with Crippen LogP contribution >= 0.6 is 0 Å². The van der Waals surface area contributed by atoms with Gasteiger partial charge in [0.15, 0.2) is 0 Å². The SMILES string of the molecule is O=C(O)c1oc2ccccc2c1CNCC1CCOCC1. The van der Waals surface area contributed by atoms with Gasteiger partial charge in [0, 0.05) is 30.7 Å². The second-order valence-electron chi connectivity index (χ2n) is 5.40. The quantitative estimate of drug-likeness (QED) is 0.885. The molecule has 1 aliphatic rings. The Balaban J connectivity index is 1.72. The summed E-state index contributed by atoms with van der Waals surface area (Å²) in [5.41, 5.74) is 1.35. The van der Waals surface area contributed by atoms with Crippen LogP contribution in [0.4, 0.5) is 0 Å². The maximum Gasteiger partial charge on any atom is 0.372 e. The van der Waals surface area contributed by atoms with E-state index in [1.807, 2.05) is 18.2 Å². The molecule has 1 aliphatic heterocycles. The van der Waals surface area contributed by atoms with Gasteiger partial charge < -0.3 is 19.6 Å². The number of furan rings is 1. The zero-order valence-corrected chi connectivity index (χ0v) is 11.8. The van der Waals surface area contributed by atoms with Crippen molar-refractivity contribution in [2.45, 2.75) is 19.4 Å². The normalized spacial score (nSPS) is 16.4. The van der Waals surface area contributed by atoms with E-state index >= 15 is 0 Å². The lowest BCUT2D eigenvalue weighted by atomic mass is 10.0. The minimum Gasteiger partial charge on any atom is -0.475 e. The van der Waals surface area contributed by atoms with Gasteiger partial charge in [-0.25, -0.2) is 4.79 Å². The number of carbonyl (C=O) groups is 1. The van der Waals surface area contributed by atoms with Crippen molar-refractivity contribution in [3.05, 3.63) is 35.6 Å². The van der Waals surface area contributed by atoms with E-state index in [4.69, 9.17) is 9.15 Å². The van der Waals surface area contributed by atoms with Crippen LogP contribution in [0.5, 0.6) is 0 Å². The van der Waals surface area contributed by atoms with Gasteiger partial charge >= 0.3 is 5.97 Å². The van der Waals surface area contributed by atoms with Crippen LogP contribution in [-0.2, 0) is 11.3 Å². The molecule has 1 saturated heterocycles. The summed E-state index contributed by atoms with van der Waals surface area (Å²) < 4.78 is 10.8. The average Bonchev–Trinajstić information content (AvgIpc) is 2.88. The van der Waals surface area contributed by atoms with Gasteiger partial charge in [-0.2, -0.15) is 0 Å². The number of carboxylic acids is 1. The second-order valence-corrected chi connectivity index (χ2v) is 5.40. The molecule has 0 bridgehead atoms. The number of nitrogens with one attached hydrogen (secondary N) is 1. The molecule has 5 nitrogen and oxygen atoms in total. The number of benzene rings is 1. The summed E-state index contributed by atoms with van der Waals surface area (Å²) in [5, 5.41) is 13.5. The van der Waals surface area contributed by atoms with E-state index in [9.17, 15) is 9.90 Å². The Labute approximate surface area is 122 Å². The zero-order valence-electron chi connectivity index (χ0n) is 11.8. The van der Waals surface area contributed by atoms with Gasteiger partial charge in [0.05, 0.1) is 0 Å². The number of fused-ring (bicyclic) bond motifs is 1. The molecule has 1 aromatic heterocycles. The molecule has 0 aliphatic carbocycles. The second kappa shape index (κ2) is 6.28. The molecule has 0 amide bonds. The highest BCUT2D eigenvalue weighted by atomic mass is 16.5. The molecule has 0 saturated carbocycles. The fourth-order valence-corrected chi connectivity index (χ4v) is 2.80. The summed E-state index contributed by atoms with van der Waals surface area (Å²) in [6.45, 7) is 3.03. The predicted molar refractivity (Wildman–Crippen MR) is 78.4 cm³/mol. The molecular weight excluding hydrogens is 270 g/mol. The van der Waals surface area contributed by atoms with Crippen LogP contribution in [-0.4, -0.2) is 30.8 Å². The van der Waals surface area contributed by atoms with Gasteiger partial charge in [-0.3, -0.25) is 0 Å². The standard InChI is InChI=1S/C16H19NO4/c18-16(19)15-13(12-3-1-2-4-14(12)21-15)10-17-9-11-5-7-20-8-6-11/h1-4,11,17H,5-10H2,(H,18,19). The van der Waals surface area contributed by atoms with Crippen molar-refractivity contribution >= 4 is 16.9 Å². The summed E-state index contributed by atoms with van der Waals surface area (Å²) in [5.74, 6) is -0.380. The fraction of sp³-hybridized carbons (Fsp3) is 0.438. The van der Waals surface area contributed by atoms with Crippen LogP contribution in [0, 0.1) is 5.92 Å². The molecule has 2 N–H and O–H groups in total. The highest BCUT2D eigenvalue weighted by Crippen LogP contribution is 2.26. The molecule has 2 aromatic rings. The van der Waals surface area contributed by atoms with E-state index in [0.717, 1.165) is 43.5 Å². The van der Waals surface area contributed by atoms with Crippen molar-refractivity contribution in [1.82, 2.24) is 5.32 Å². The number of aromatic carboxylic acids is 1. The maximum absolute atomic E-state index is 11.3. The first-order valence-electron chi connectivity index (χ1n) is 7.28. The molecule has 2 heterocycles. The number of hydrogen-bond donors (Lipinski definition) is 2. The zero-order chi connectivity index (χ0) is 14.7. The Morgan fingerprint density at radius 2 is 2.05 bits per heavy atom. The highest BCUT2D eigenvalue weighted by molar-refractivity contribution is 5.95. The van der Waals surface area contributed by atoms with Gasteiger partial charge in [-0.1, -0.05) is 18.2 Å². The lowest BCUT2D eigenvalue weighted by Gasteiger charge is -2.22. The average molecular weight is 289 g/mol. The Morgan fingerprint density at radius 1 is 1.29 bits per heavy atom. The largest absolute Gasteiger partial charge is 0.475 e.